The maximum absolute atomic E-state index is 12.4. The molecule has 2 aliphatic rings. The van der Waals surface area contributed by atoms with E-state index >= 15 is 0 Å². The van der Waals surface area contributed by atoms with Gasteiger partial charge in [-0.25, -0.2) is 14.5 Å². The molecule has 0 spiro atoms. The number of likely N-dealkylation sites (tertiary alicyclic amines) is 1. The lowest BCUT2D eigenvalue weighted by Crippen LogP contribution is -2.40. The second-order valence-electron chi connectivity index (χ2n) is 10.5. The molecule has 36 heavy (non-hydrogen) atoms. The Morgan fingerprint density at radius 2 is 1.97 bits per heavy atom. The number of aromatic nitrogens is 3. The molecule has 5 rings (SSSR count). The highest BCUT2D eigenvalue weighted by molar-refractivity contribution is 5.70. The van der Waals surface area contributed by atoms with Crippen LogP contribution >= 0.6 is 0 Å². The molecule has 8 heteroatoms. The van der Waals surface area contributed by atoms with E-state index in [-0.39, 0.29) is 6.09 Å². The largest absolute Gasteiger partial charge is 0.444 e. The Labute approximate surface area is 212 Å². The van der Waals surface area contributed by atoms with Crippen molar-refractivity contribution in [2.75, 3.05) is 24.1 Å². The van der Waals surface area contributed by atoms with Crippen molar-refractivity contribution in [3.63, 3.8) is 0 Å². The predicted molar refractivity (Wildman–Crippen MR) is 142 cm³/mol. The molecule has 3 aromatic rings. The predicted octanol–water partition coefficient (Wildman–Crippen LogP) is 5.58. The number of anilines is 3. The molecule has 1 aliphatic heterocycles. The van der Waals surface area contributed by atoms with Gasteiger partial charge in [-0.3, -0.25) is 0 Å². The molecule has 3 N–H and O–H groups in total. The Balaban J connectivity index is 1.24. The number of nitrogens with one attached hydrogen (secondary N) is 1. The fraction of sp³-hybridized carbons (Fsp3) is 0.393. The average Bonchev–Trinajstić information content (AvgIpc) is 3.50. The van der Waals surface area contributed by atoms with E-state index in [0.717, 1.165) is 44.5 Å². The number of pyridine rings is 1. The zero-order valence-electron chi connectivity index (χ0n) is 21.2. The summed E-state index contributed by atoms with van der Waals surface area (Å²) in [4.78, 5) is 18.8. The number of hydrogen-bond acceptors (Lipinski definition) is 6. The highest BCUT2D eigenvalue weighted by Gasteiger charge is 2.26. The van der Waals surface area contributed by atoms with Crippen LogP contribution in [0.25, 0.3) is 5.82 Å². The first kappa shape index (κ1) is 23.9. The van der Waals surface area contributed by atoms with Gasteiger partial charge in [0.25, 0.3) is 0 Å². The van der Waals surface area contributed by atoms with Gasteiger partial charge in [0.05, 0.1) is 5.69 Å². The summed E-state index contributed by atoms with van der Waals surface area (Å²) in [5.41, 5.74) is 11.5. The molecule has 3 heterocycles. The third-order valence-electron chi connectivity index (χ3n) is 6.67. The second kappa shape index (κ2) is 9.68. The fourth-order valence-electron chi connectivity index (χ4n) is 4.88. The molecular weight excluding hydrogens is 452 g/mol. The van der Waals surface area contributed by atoms with Crippen molar-refractivity contribution in [1.29, 1.82) is 0 Å². The molecule has 1 atom stereocenters. The van der Waals surface area contributed by atoms with Gasteiger partial charge in [0.15, 0.2) is 11.6 Å². The highest BCUT2D eigenvalue weighted by atomic mass is 16.6. The van der Waals surface area contributed by atoms with Crippen LogP contribution in [0.4, 0.5) is 22.0 Å². The van der Waals surface area contributed by atoms with Crippen LogP contribution in [-0.2, 0) is 11.2 Å². The Morgan fingerprint density at radius 1 is 1.17 bits per heavy atom. The number of aryl methyl sites for hydroxylation is 1. The van der Waals surface area contributed by atoms with Gasteiger partial charge in [0.2, 0.25) is 0 Å². The van der Waals surface area contributed by atoms with Crippen LogP contribution < -0.4 is 11.1 Å². The molecule has 1 saturated heterocycles. The highest BCUT2D eigenvalue weighted by Crippen LogP contribution is 2.38. The summed E-state index contributed by atoms with van der Waals surface area (Å²) in [6.07, 6.45) is 9.75. The summed E-state index contributed by atoms with van der Waals surface area (Å²) in [5.74, 6) is 1.75. The summed E-state index contributed by atoms with van der Waals surface area (Å²) in [6, 6.07) is 12.1. The Morgan fingerprint density at radius 3 is 2.69 bits per heavy atom. The SMILES string of the molecule is CC(C)(C)OC(=O)N1CCC(=CC2CCc3cc(Nc4nc(-n5cccn5)ccc4N)ccc32)CC1. The number of ether oxygens (including phenoxy) is 1. The van der Waals surface area contributed by atoms with Crippen molar-refractivity contribution in [3.8, 4) is 5.82 Å². The van der Waals surface area contributed by atoms with E-state index < -0.39 is 5.60 Å². The van der Waals surface area contributed by atoms with Crippen molar-refractivity contribution in [2.24, 2.45) is 0 Å². The van der Waals surface area contributed by atoms with Gasteiger partial charge in [-0.05, 0) is 87.9 Å². The van der Waals surface area contributed by atoms with Crippen LogP contribution in [-0.4, -0.2) is 44.4 Å². The molecule has 2 aromatic heterocycles. The van der Waals surface area contributed by atoms with Crippen LogP contribution in [0.15, 0.2) is 60.4 Å². The number of carbonyl (C=O) groups excluding carboxylic acids is 1. The van der Waals surface area contributed by atoms with Gasteiger partial charge in [-0.2, -0.15) is 5.10 Å². The van der Waals surface area contributed by atoms with E-state index in [1.807, 2.05) is 50.1 Å². The quantitative estimate of drug-likeness (QED) is 0.467. The molecule has 1 aromatic carbocycles. The number of piperidine rings is 1. The molecule has 0 saturated carbocycles. The molecule has 0 radical (unpaired) electrons. The summed E-state index contributed by atoms with van der Waals surface area (Å²) >= 11 is 0. The molecule has 1 fully saturated rings. The minimum atomic E-state index is -0.459. The van der Waals surface area contributed by atoms with Crippen LogP contribution in [0.2, 0.25) is 0 Å². The van der Waals surface area contributed by atoms with Crippen LogP contribution in [0.1, 0.15) is 57.1 Å². The standard InChI is InChI=1S/C28H34N6O2/c1-28(2,3)36-27(35)33-15-11-19(12-16-33)17-20-5-6-21-18-22(7-8-23(20)21)31-26-24(29)9-10-25(32-26)34-14-4-13-30-34/h4,7-10,13-14,17-18,20H,5-6,11-12,15-16,29H2,1-3H3,(H,31,32). The second-order valence-corrected chi connectivity index (χ2v) is 10.5. The number of nitrogens with two attached hydrogens (primary N) is 1. The van der Waals surface area contributed by atoms with Gasteiger partial charge in [0.1, 0.15) is 5.60 Å². The van der Waals surface area contributed by atoms with Crippen LogP contribution in [0, 0.1) is 0 Å². The maximum Gasteiger partial charge on any atom is 0.410 e. The lowest BCUT2D eigenvalue weighted by atomic mass is 9.94. The van der Waals surface area contributed by atoms with E-state index in [0.29, 0.717) is 23.2 Å². The van der Waals surface area contributed by atoms with Crippen molar-refractivity contribution in [3.05, 3.63) is 71.6 Å². The number of rotatable bonds is 4. The van der Waals surface area contributed by atoms with Gasteiger partial charge >= 0.3 is 6.09 Å². The average molecular weight is 487 g/mol. The normalized spacial score (nSPS) is 17.6. The number of hydrogen-bond donors (Lipinski definition) is 2. The van der Waals surface area contributed by atoms with E-state index in [4.69, 9.17) is 10.5 Å². The van der Waals surface area contributed by atoms with E-state index in [9.17, 15) is 4.79 Å². The zero-order valence-corrected chi connectivity index (χ0v) is 21.2. The van der Waals surface area contributed by atoms with Crippen molar-refractivity contribution in [2.45, 2.75) is 58.0 Å². The number of fused-ring (bicyclic) bond motifs is 1. The molecule has 0 bridgehead atoms. The minimum Gasteiger partial charge on any atom is -0.444 e. The molecular formula is C28H34N6O2. The van der Waals surface area contributed by atoms with Crippen LogP contribution in [0.5, 0.6) is 0 Å². The number of benzene rings is 1. The number of amides is 1. The first-order chi connectivity index (χ1) is 17.2. The first-order valence-corrected chi connectivity index (χ1v) is 12.6. The molecule has 188 valence electrons. The summed E-state index contributed by atoms with van der Waals surface area (Å²) in [5, 5.41) is 7.64. The number of nitrogen functional groups attached to an aromatic ring is 1. The third kappa shape index (κ3) is 5.37. The first-order valence-electron chi connectivity index (χ1n) is 12.6. The van der Waals surface area contributed by atoms with Gasteiger partial charge in [-0.15, -0.1) is 0 Å². The Hall–Kier alpha value is -3.81. The topological polar surface area (TPSA) is 98.3 Å². The smallest absolute Gasteiger partial charge is 0.410 e. The summed E-state index contributed by atoms with van der Waals surface area (Å²) < 4.78 is 7.24. The van der Waals surface area contributed by atoms with Crippen molar-refractivity contribution in [1.82, 2.24) is 19.7 Å². The Kier molecular flexibility index (Phi) is 6.43. The molecule has 8 nitrogen and oxygen atoms in total. The third-order valence-corrected chi connectivity index (χ3v) is 6.67. The number of carbonyl (C=O) groups is 1. The van der Waals surface area contributed by atoms with Gasteiger partial charge in [0, 0.05) is 37.1 Å². The van der Waals surface area contributed by atoms with Gasteiger partial charge < -0.3 is 20.7 Å². The van der Waals surface area contributed by atoms with Crippen molar-refractivity contribution >= 4 is 23.3 Å². The summed E-state index contributed by atoms with van der Waals surface area (Å²) in [6.45, 7) is 7.15. The Bertz CT molecular complexity index is 1270. The van der Waals surface area contributed by atoms with Crippen molar-refractivity contribution < 1.29 is 9.53 Å². The lowest BCUT2D eigenvalue weighted by Gasteiger charge is -2.31. The van der Waals surface area contributed by atoms with E-state index in [1.165, 1.54) is 16.7 Å². The number of allylic oxidation sites excluding steroid dienone is 1. The fourth-order valence-corrected chi connectivity index (χ4v) is 4.88. The minimum absolute atomic E-state index is 0.210. The molecule has 1 unspecified atom stereocenters. The van der Waals surface area contributed by atoms with E-state index in [2.05, 4.69) is 39.7 Å². The summed E-state index contributed by atoms with van der Waals surface area (Å²) in [7, 11) is 0. The molecule has 1 aliphatic carbocycles. The monoisotopic (exact) mass is 486 g/mol. The number of nitrogens with zero attached hydrogens (tertiary/aromatic N) is 4. The maximum atomic E-state index is 12.4. The van der Waals surface area contributed by atoms with Gasteiger partial charge in [-0.1, -0.05) is 17.7 Å². The van der Waals surface area contributed by atoms with E-state index in [1.54, 1.807) is 10.9 Å². The zero-order chi connectivity index (χ0) is 25.3. The van der Waals surface area contributed by atoms with Crippen LogP contribution in [0.3, 0.4) is 0 Å². The lowest BCUT2D eigenvalue weighted by molar-refractivity contribution is 0.0236. The molecule has 1 amide bonds.